The molecule has 1 aliphatic heterocycles. The van der Waals surface area contributed by atoms with E-state index in [2.05, 4.69) is 118 Å². The molecule has 12 nitrogen and oxygen atoms in total. The first-order chi connectivity index (χ1) is 38.6. The Morgan fingerprint density at radius 1 is 0.430 bits per heavy atom. The normalized spacial score (nSPS) is 18.5. The summed E-state index contributed by atoms with van der Waals surface area (Å²) in [6.07, 6.45) is 59.4. The van der Waals surface area contributed by atoms with Gasteiger partial charge in [-0.2, -0.15) is 0 Å². The molecule has 79 heavy (non-hydrogen) atoms. The highest BCUT2D eigenvalue weighted by Gasteiger charge is 2.50. The number of hydrogen-bond acceptors (Lipinski definition) is 11. The van der Waals surface area contributed by atoms with Gasteiger partial charge >= 0.3 is 23.9 Å². The molecule has 0 amide bonds. The molecule has 0 aromatic heterocycles. The quantitative estimate of drug-likeness (QED) is 0.0228. The van der Waals surface area contributed by atoms with Crippen molar-refractivity contribution < 1.29 is 58.2 Å². The van der Waals surface area contributed by atoms with Crippen LogP contribution in [-0.2, 0) is 42.9 Å². The summed E-state index contributed by atoms with van der Waals surface area (Å²) >= 11 is 0. The SMILES string of the molecule is CC/C=C\C/C=C\C/C=C\C/C=C\CCCCCCCCC(=O)OCC(COC1OC(C(=O)O)C(O)C(O)C1OC(=O)CCCCCCCCC/C=C\CCCCCCCC)OC(=O)CCCCC/C=C\C/C=C\C/C=C\CC. The maximum absolute atomic E-state index is 13.1. The third-order valence-corrected chi connectivity index (χ3v) is 13.6. The fourth-order valence-electron chi connectivity index (χ4n) is 8.90. The number of ether oxygens (including phenoxy) is 5. The molecule has 0 spiro atoms. The van der Waals surface area contributed by atoms with Gasteiger partial charge in [-0.15, -0.1) is 0 Å². The van der Waals surface area contributed by atoms with E-state index in [0.29, 0.717) is 19.3 Å². The lowest BCUT2D eigenvalue weighted by atomic mass is 9.98. The molecule has 1 heterocycles. The number of esters is 3. The number of carboxylic acids is 1. The van der Waals surface area contributed by atoms with E-state index in [9.17, 15) is 34.5 Å². The van der Waals surface area contributed by atoms with Gasteiger partial charge in [-0.3, -0.25) is 14.4 Å². The lowest BCUT2D eigenvalue weighted by molar-refractivity contribution is -0.301. The van der Waals surface area contributed by atoms with Gasteiger partial charge in [-0.25, -0.2) is 4.79 Å². The molecule has 0 saturated carbocycles. The van der Waals surface area contributed by atoms with Crippen LogP contribution in [0.5, 0.6) is 0 Å². The summed E-state index contributed by atoms with van der Waals surface area (Å²) in [7, 11) is 0. The molecule has 0 radical (unpaired) electrons. The van der Waals surface area contributed by atoms with Crippen molar-refractivity contribution in [3.8, 4) is 0 Å². The van der Waals surface area contributed by atoms with Crippen LogP contribution in [0.1, 0.15) is 252 Å². The molecule has 6 atom stereocenters. The van der Waals surface area contributed by atoms with E-state index in [1.807, 2.05) is 0 Å². The molecule has 12 heteroatoms. The minimum absolute atomic E-state index is 0.0471. The van der Waals surface area contributed by atoms with Crippen LogP contribution in [0.15, 0.2) is 97.2 Å². The van der Waals surface area contributed by atoms with Gasteiger partial charge in [0.2, 0.25) is 0 Å². The molecule has 0 aromatic rings. The molecule has 1 fully saturated rings. The molecule has 450 valence electrons. The predicted octanol–water partition coefficient (Wildman–Crippen LogP) is 16.5. The highest BCUT2D eigenvalue weighted by molar-refractivity contribution is 5.74. The lowest BCUT2D eigenvalue weighted by Crippen LogP contribution is -2.61. The Morgan fingerprint density at radius 2 is 0.797 bits per heavy atom. The third kappa shape index (κ3) is 44.0. The zero-order valence-corrected chi connectivity index (χ0v) is 49.6. The number of aliphatic hydroxyl groups is 2. The Balaban J connectivity index is 2.68. The Bertz CT molecular complexity index is 1740. The Kier molecular flexibility index (Phi) is 49.9. The van der Waals surface area contributed by atoms with Crippen LogP contribution in [0.4, 0.5) is 0 Å². The van der Waals surface area contributed by atoms with Crippen LogP contribution in [0, 0.1) is 0 Å². The van der Waals surface area contributed by atoms with E-state index in [4.69, 9.17) is 23.7 Å². The van der Waals surface area contributed by atoms with Crippen LogP contribution in [0.3, 0.4) is 0 Å². The zero-order valence-electron chi connectivity index (χ0n) is 49.6. The van der Waals surface area contributed by atoms with E-state index < -0.39 is 67.3 Å². The number of aliphatic hydroxyl groups excluding tert-OH is 2. The molecule has 1 rings (SSSR count). The van der Waals surface area contributed by atoms with E-state index in [0.717, 1.165) is 141 Å². The fraction of sp³-hybridized carbons (Fsp3) is 0.701. The smallest absolute Gasteiger partial charge is 0.335 e. The van der Waals surface area contributed by atoms with Crippen molar-refractivity contribution in [2.24, 2.45) is 0 Å². The monoisotopic (exact) mass is 1110 g/mol. The Hall–Kier alpha value is -4.36. The topological polar surface area (TPSA) is 175 Å². The van der Waals surface area contributed by atoms with Crippen LogP contribution >= 0.6 is 0 Å². The summed E-state index contributed by atoms with van der Waals surface area (Å²) < 4.78 is 28.4. The predicted molar refractivity (Wildman–Crippen MR) is 321 cm³/mol. The first-order valence-corrected chi connectivity index (χ1v) is 31.2. The first-order valence-electron chi connectivity index (χ1n) is 31.2. The average molecular weight is 1110 g/mol. The van der Waals surface area contributed by atoms with Crippen molar-refractivity contribution in [3.05, 3.63) is 97.2 Å². The minimum atomic E-state index is -1.91. The van der Waals surface area contributed by atoms with Gasteiger partial charge in [-0.05, 0) is 116 Å². The van der Waals surface area contributed by atoms with Gasteiger partial charge in [0.15, 0.2) is 24.6 Å². The second-order valence-corrected chi connectivity index (χ2v) is 20.9. The van der Waals surface area contributed by atoms with Crippen LogP contribution in [-0.4, -0.2) is 89.2 Å². The van der Waals surface area contributed by atoms with Crippen molar-refractivity contribution in [2.75, 3.05) is 13.2 Å². The maximum Gasteiger partial charge on any atom is 0.335 e. The molecule has 0 aromatic carbocycles. The van der Waals surface area contributed by atoms with Crippen LogP contribution < -0.4 is 0 Å². The lowest BCUT2D eigenvalue weighted by Gasteiger charge is -2.40. The Labute approximate surface area is 479 Å². The molecular formula is C67H110O12. The molecular weight excluding hydrogens is 997 g/mol. The van der Waals surface area contributed by atoms with Crippen LogP contribution in [0.25, 0.3) is 0 Å². The minimum Gasteiger partial charge on any atom is -0.479 e. The van der Waals surface area contributed by atoms with Crippen molar-refractivity contribution in [2.45, 2.75) is 289 Å². The largest absolute Gasteiger partial charge is 0.479 e. The highest BCUT2D eigenvalue weighted by Crippen LogP contribution is 2.26. The number of aliphatic carboxylic acids is 1. The summed E-state index contributed by atoms with van der Waals surface area (Å²) in [4.78, 5) is 51.2. The summed E-state index contributed by atoms with van der Waals surface area (Å²) in [5.41, 5.74) is 0. The second kappa shape index (κ2) is 54.2. The number of unbranched alkanes of at least 4 members (excludes halogenated alkanes) is 22. The summed E-state index contributed by atoms with van der Waals surface area (Å²) in [5.74, 6) is -3.19. The number of carboxylic acid groups (broad SMARTS) is 1. The van der Waals surface area contributed by atoms with Gasteiger partial charge in [0.25, 0.3) is 0 Å². The molecule has 0 bridgehead atoms. The third-order valence-electron chi connectivity index (χ3n) is 13.6. The molecule has 0 aliphatic carbocycles. The van der Waals surface area contributed by atoms with Crippen molar-refractivity contribution in [1.82, 2.24) is 0 Å². The number of carbonyl (C=O) groups is 4. The van der Waals surface area contributed by atoms with Crippen molar-refractivity contribution in [1.29, 1.82) is 0 Å². The van der Waals surface area contributed by atoms with E-state index in [1.165, 1.54) is 51.4 Å². The Morgan fingerprint density at radius 3 is 1.24 bits per heavy atom. The second-order valence-electron chi connectivity index (χ2n) is 20.9. The van der Waals surface area contributed by atoms with Gasteiger partial charge in [0, 0.05) is 19.3 Å². The first kappa shape index (κ1) is 72.7. The van der Waals surface area contributed by atoms with Gasteiger partial charge < -0.3 is 39.0 Å². The number of rotatable bonds is 52. The van der Waals surface area contributed by atoms with Gasteiger partial charge in [0.05, 0.1) is 6.61 Å². The highest BCUT2D eigenvalue weighted by atomic mass is 16.7. The van der Waals surface area contributed by atoms with Crippen molar-refractivity contribution in [3.63, 3.8) is 0 Å². The molecule has 6 unspecified atom stereocenters. The van der Waals surface area contributed by atoms with Crippen LogP contribution in [0.2, 0.25) is 0 Å². The number of carbonyl (C=O) groups excluding carboxylic acids is 3. The van der Waals surface area contributed by atoms with E-state index in [-0.39, 0.29) is 25.9 Å². The van der Waals surface area contributed by atoms with Gasteiger partial charge in [0.1, 0.15) is 18.8 Å². The van der Waals surface area contributed by atoms with E-state index >= 15 is 0 Å². The standard InChI is InChI=1S/C67H110O12/c1-4-7-10-13-16-19-22-25-27-29-30-32-33-36-38-41-44-47-50-53-59(68)75-56-58(77-60(69)54-51-48-45-42-39-35-24-21-18-15-12-9-6-3)57-76-67-65(63(72)62(71)64(79-67)66(73)74)78-61(70)55-52-49-46-43-40-37-34-31-28-26-23-20-17-14-11-8-5-2/h7,9-10,12,16,18-19,21,25-28,30,32,35,39,58,62-65,67,71-72H,4-6,8,11,13-15,17,20,22-24,29,31,33-34,36-38,40-57H2,1-3H3,(H,73,74)/b10-7-,12-9-,19-16-,21-18-,27-25-,28-26-,32-30-,39-35-. The summed E-state index contributed by atoms with van der Waals surface area (Å²) in [6, 6.07) is 0. The van der Waals surface area contributed by atoms with E-state index in [1.54, 1.807) is 0 Å². The summed E-state index contributed by atoms with van der Waals surface area (Å²) in [5, 5.41) is 31.5. The molecule has 1 saturated heterocycles. The fourth-order valence-corrected chi connectivity index (χ4v) is 8.90. The van der Waals surface area contributed by atoms with Gasteiger partial charge in [-0.1, -0.05) is 214 Å². The summed E-state index contributed by atoms with van der Waals surface area (Å²) in [6.45, 7) is 5.73. The molecule has 3 N–H and O–H groups in total. The number of allylic oxidation sites excluding steroid dienone is 16. The maximum atomic E-state index is 13.1. The molecule has 1 aliphatic rings. The van der Waals surface area contributed by atoms with Crippen molar-refractivity contribution >= 4 is 23.9 Å². The number of hydrogen-bond donors (Lipinski definition) is 3. The zero-order chi connectivity index (χ0) is 57.5. The average Bonchev–Trinajstić information content (AvgIpc) is 3.47.